The second kappa shape index (κ2) is 17.8. The summed E-state index contributed by atoms with van der Waals surface area (Å²) in [6.07, 6.45) is 13.0. The molecule has 0 aliphatic rings. The Balaban J connectivity index is 0.000000347. The number of benzene rings is 2. The normalized spacial score (nSPS) is 12.0. The Morgan fingerprint density at radius 1 is 0.918 bits per heavy atom. The Morgan fingerprint density at radius 3 is 2.20 bits per heavy atom. The SMILES string of the molecule is CC(C)Cc1cncc2c(-c3cc(-c4[c-]c5ccccc5c(C(C)(C)C)c4)ncn3)coc12.CCC(CC)C(=O)/C=C(\O)C(CC)CC.[Ir]. The molecule has 0 saturated carbocycles. The van der Waals surface area contributed by atoms with Gasteiger partial charge in [0.25, 0.3) is 0 Å². The number of hydrogen-bond donors (Lipinski definition) is 1. The van der Waals surface area contributed by atoms with Crippen molar-refractivity contribution in [1.29, 1.82) is 0 Å². The summed E-state index contributed by atoms with van der Waals surface area (Å²) >= 11 is 0. The standard InChI is InChI=1S/C29H28N3O.C13H24O2.Ir/c1-18(2)10-21-14-30-15-23-24(16-33-28(21)23)27-13-26(31-17-32-27)20-11-19-8-6-7-9-22(19)25(12-20)29(3,4)5;1-5-10(6-2)12(14)9-13(15)11(7-3)8-4;/h6-9,12-18H,10H2,1-5H3;9-11,14H,5-8H2,1-4H3;/q-1;;/b;12-9-;. The van der Waals surface area contributed by atoms with Crippen molar-refractivity contribution >= 4 is 27.5 Å². The van der Waals surface area contributed by atoms with Gasteiger partial charge in [0.2, 0.25) is 0 Å². The molecular weight excluding hydrogens is 787 g/mol. The summed E-state index contributed by atoms with van der Waals surface area (Å²) in [4.78, 5) is 25.4. The second-order valence-corrected chi connectivity index (χ2v) is 14.1. The summed E-state index contributed by atoms with van der Waals surface area (Å²) in [6, 6.07) is 16.2. The molecule has 0 aliphatic heterocycles. The maximum atomic E-state index is 11.7. The molecule has 6 nitrogen and oxygen atoms in total. The van der Waals surface area contributed by atoms with E-state index in [9.17, 15) is 9.90 Å². The minimum atomic E-state index is -0.00143. The maximum Gasteiger partial charge on any atom is 0.162 e. The number of rotatable bonds is 11. The fourth-order valence-corrected chi connectivity index (χ4v) is 6.21. The van der Waals surface area contributed by atoms with Gasteiger partial charge in [-0.25, -0.2) is 4.98 Å². The number of carbonyl (C=O) groups is 1. The zero-order valence-electron chi connectivity index (χ0n) is 30.6. The zero-order chi connectivity index (χ0) is 35.0. The van der Waals surface area contributed by atoms with Crippen LogP contribution in [0.1, 0.15) is 99.1 Å². The van der Waals surface area contributed by atoms with E-state index in [-0.39, 0.29) is 48.9 Å². The Morgan fingerprint density at radius 2 is 1.57 bits per heavy atom. The molecule has 3 heterocycles. The van der Waals surface area contributed by atoms with Crippen molar-refractivity contribution in [2.45, 2.75) is 99.8 Å². The van der Waals surface area contributed by atoms with E-state index in [4.69, 9.17) is 4.42 Å². The molecule has 7 heteroatoms. The third-order valence-electron chi connectivity index (χ3n) is 9.07. The van der Waals surface area contributed by atoms with Crippen LogP contribution in [0.4, 0.5) is 0 Å². The summed E-state index contributed by atoms with van der Waals surface area (Å²) in [5, 5.41) is 13.1. The number of ketones is 1. The molecule has 0 bridgehead atoms. The molecule has 0 aliphatic carbocycles. The number of allylic oxidation sites excluding steroid dienone is 2. The third kappa shape index (κ3) is 9.73. The number of aliphatic hydroxyl groups excluding tert-OH is 1. The van der Waals surface area contributed by atoms with Crippen LogP contribution in [0.3, 0.4) is 0 Å². The van der Waals surface area contributed by atoms with Gasteiger partial charge < -0.3 is 9.52 Å². The van der Waals surface area contributed by atoms with E-state index in [1.54, 1.807) is 12.6 Å². The maximum absolute atomic E-state index is 11.7. The van der Waals surface area contributed by atoms with E-state index in [2.05, 4.69) is 86.0 Å². The Labute approximate surface area is 306 Å². The number of aliphatic hydroxyl groups is 1. The number of carbonyl (C=O) groups excluding carboxylic acids is 1. The first-order valence-corrected chi connectivity index (χ1v) is 17.5. The Bertz CT molecular complexity index is 1860. The van der Waals surface area contributed by atoms with Crippen LogP contribution < -0.4 is 0 Å². The summed E-state index contributed by atoms with van der Waals surface area (Å²) in [6.45, 7) is 19.2. The van der Waals surface area contributed by atoms with E-state index in [0.717, 1.165) is 76.5 Å². The average molecular weight is 839 g/mol. The van der Waals surface area contributed by atoms with E-state index < -0.39 is 0 Å². The van der Waals surface area contributed by atoms with E-state index in [1.807, 2.05) is 46.2 Å². The minimum absolute atomic E-state index is 0. The molecule has 263 valence electrons. The monoisotopic (exact) mass is 839 g/mol. The van der Waals surface area contributed by atoms with Crippen LogP contribution in [-0.4, -0.2) is 25.8 Å². The number of nitrogens with zero attached hydrogens (tertiary/aromatic N) is 3. The van der Waals surface area contributed by atoms with Gasteiger partial charge in [-0.05, 0) is 49.5 Å². The molecule has 5 aromatic rings. The predicted octanol–water partition coefficient (Wildman–Crippen LogP) is 11.3. The van der Waals surface area contributed by atoms with E-state index in [0.29, 0.717) is 5.92 Å². The number of pyridine rings is 1. The van der Waals surface area contributed by atoms with Crippen LogP contribution in [0.15, 0.2) is 77.6 Å². The van der Waals surface area contributed by atoms with Gasteiger partial charge in [0.1, 0.15) is 18.2 Å². The van der Waals surface area contributed by atoms with Crippen molar-refractivity contribution in [1.82, 2.24) is 15.0 Å². The first kappa shape index (κ1) is 39.8. The molecule has 1 radical (unpaired) electrons. The van der Waals surface area contributed by atoms with Gasteiger partial charge in [-0.1, -0.05) is 91.5 Å². The minimum Gasteiger partial charge on any atom is -0.512 e. The van der Waals surface area contributed by atoms with Crippen molar-refractivity contribution in [2.75, 3.05) is 0 Å². The molecule has 0 amide bonds. The quantitative estimate of drug-likeness (QED) is 0.0810. The van der Waals surface area contributed by atoms with Crippen molar-refractivity contribution in [3.8, 4) is 22.5 Å². The molecule has 0 spiro atoms. The first-order valence-electron chi connectivity index (χ1n) is 17.5. The summed E-state index contributed by atoms with van der Waals surface area (Å²) in [5.41, 5.74) is 6.86. The van der Waals surface area contributed by atoms with Gasteiger partial charge in [0.05, 0.1) is 11.5 Å². The third-order valence-corrected chi connectivity index (χ3v) is 9.07. The van der Waals surface area contributed by atoms with Gasteiger partial charge in [-0.3, -0.25) is 14.8 Å². The fraction of sp³-hybridized carbons (Fsp3) is 0.429. The van der Waals surface area contributed by atoms with Crippen molar-refractivity contribution in [3.63, 3.8) is 0 Å². The fourth-order valence-electron chi connectivity index (χ4n) is 6.21. The smallest absolute Gasteiger partial charge is 0.162 e. The molecule has 0 saturated heterocycles. The molecule has 0 atom stereocenters. The number of aromatic nitrogens is 3. The average Bonchev–Trinajstić information content (AvgIpc) is 3.50. The molecule has 2 aromatic carbocycles. The molecule has 3 aromatic heterocycles. The summed E-state index contributed by atoms with van der Waals surface area (Å²) < 4.78 is 5.99. The van der Waals surface area contributed by atoms with Crippen LogP contribution in [0.25, 0.3) is 44.3 Å². The van der Waals surface area contributed by atoms with Crippen molar-refractivity contribution in [2.24, 2.45) is 17.8 Å². The topological polar surface area (TPSA) is 89.1 Å². The molecule has 1 N–H and O–H groups in total. The van der Waals surface area contributed by atoms with Gasteiger partial charge in [-0.15, -0.1) is 29.1 Å². The van der Waals surface area contributed by atoms with E-state index >= 15 is 0 Å². The van der Waals surface area contributed by atoms with Crippen LogP contribution in [-0.2, 0) is 36.7 Å². The van der Waals surface area contributed by atoms with Gasteiger partial charge >= 0.3 is 0 Å². The Hall–Kier alpha value is -3.67. The van der Waals surface area contributed by atoms with Crippen molar-refractivity contribution < 1.29 is 34.4 Å². The molecule has 5 rings (SSSR count). The molecular formula is C42H52IrN3O3-. The molecule has 0 unspecified atom stereocenters. The molecule has 49 heavy (non-hydrogen) atoms. The first-order chi connectivity index (χ1) is 22.9. The number of fused-ring (bicyclic) bond motifs is 2. The van der Waals surface area contributed by atoms with Gasteiger partial charge in [0.15, 0.2) is 5.78 Å². The number of hydrogen-bond acceptors (Lipinski definition) is 6. The van der Waals surface area contributed by atoms with Crippen LogP contribution in [0, 0.1) is 23.8 Å². The van der Waals surface area contributed by atoms with Gasteiger partial charge in [-0.2, -0.15) is 0 Å². The largest absolute Gasteiger partial charge is 0.512 e. The molecule has 0 fully saturated rings. The van der Waals surface area contributed by atoms with Gasteiger partial charge in [0, 0.05) is 72.6 Å². The van der Waals surface area contributed by atoms with E-state index in [1.165, 1.54) is 17.0 Å². The van der Waals surface area contributed by atoms with Crippen LogP contribution >= 0.6 is 0 Å². The summed E-state index contributed by atoms with van der Waals surface area (Å²) in [5.74, 6) is 1.07. The van der Waals surface area contributed by atoms with Crippen LogP contribution in [0.2, 0.25) is 0 Å². The Kier molecular flexibility index (Phi) is 14.5. The zero-order valence-corrected chi connectivity index (χ0v) is 33.0. The van der Waals surface area contributed by atoms with Crippen molar-refractivity contribution in [3.05, 3.63) is 90.4 Å². The van der Waals surface area contributed by atoms with Crippen LogP contribution in [0.5, 0.6) is 0 Å². The second-order valence-electron chi connectivity index (χ2n) is 14.1. The number of furan rings is 1. The predicted molar refractivity (Wildman–Crippen MR) is 198 cm³/mol. The summed E-state index contributed by atoms with van der Waals surface area (Å²) in [7, 11) is 0.